The van der Waals surface area contributed by atoms with Crippen LogP contribution >= 0.6 is 0 Å². The van der Waals surface area contributed by atoms with E-state index in [0.717, 1.165) is 31.0 Å². The Bertz CT molecular complexity index is 550. The maximum atomic E-state index is 5.59. The summed E-state index contributed by atoms with van der Waals surface area (Å²) in [5.74, 6) is 2.05. The molecule has 1 heterocycles. The Kier molecular flexibility index (Phi) is 5.81. The van der Waals surface area contributed by atoms with Gasteiger partial charge in [-0.1, -0.05) is 19.1 Å². The van der Waals surface area contributed by atoms with E-state index in [4.69, 9.17) is 4.74 Å². The molecule has 114 valence electrons. The Morgan fingerprint density at radius 3 is 2.90 bits per heavy atom. The molecule has 0 aliphatic carbocycles. The third-order valence-corrected chi connectivity index (χ3v) is 3.57. The Morgan fingerprint density at radius 1 is 1.33 bits per heavy atom. The van der Waals surface area contributed by atoms with Gasteiger partial charge in [-0.15, -0.1) is 0 Å². The lowest BCUT2D eigenvalue weighted by Crippen LogP contribution is -2.21. The van der Waals surface area contributed by atoms with Crippen molar-refractivity contribution in [3.63, 3.8) is 0 Å². The van der Waals surface area contributed by atoms with Gasteiger partial charge < -0.3 is 14.6 Å². The molecule has 0 aliphatic rings. The Hall–Kier alpha value is -1.81. The fourth-order valence-corrected chi connectivity index (χ4v) is 2.53. The third-order valence-electron chi connectivity index (χ3n) is 3.57. The Morgan fingerprint density at radius 2 is 2.19 bits per heavy atom. The minimum absolute atomic E-state index is 0.239. The Labute approximate surface area is 127 Å². The number of ether oxygens (including phenoxy) is 1. The summed E-state index contributed by atoms with van der Waals surface area (Å²) in [4.78, 5) is 4.50. The van der Waals surface area contributed by atoms with Gasteiger partial charge in [-0.2, -0.15) is 0 Å². The average molecular weight is 287 g/mol. The molecule has 0 saturated heterocycles. The van der Waals surface area contributed by atoms with Crippen molar-refractivity contribution < 1.29 is 4.74 Å². The number of nitrogens with one attached hydrogen (secondary N) is 1. The highest BCUT2D eigenvalue weighted by Gasteiger charge is 2.14. The van der Waals surface area contributed by atoms with Gasteiger partial charge >= 0.3 is 0 Å². The van der Waals surface area contributed by atoms with Gasteiger partial charge in [-0.05, 0) is 38.1 Å². The lowest BCUT2D eigenvalue weighted by atomic mass is 10.0. The van der Waals surface area contributed by atoms with E-state index in [1.807, 2.05) is 32.3 Å². The van der Waals surface area contributed by atoms with E-state index in [2.05, 4.69) is 40.1 Å². The molecule has 4 nitrogen and oxygen atoms in total. The SMILES string of the molecule is CCCn1ccnc1CC(NC)c1cccc(OCC)c1. The van der Waals surface area contributed by atoms with Crippen LogP contribution in [-0.4, -0.2) is 23.2 Å². The van der Waals surface area contributed by atoms with E-state index in [1.54, 1.807) is 0 Å². The molecule has 1 N–H and O–H groups in total. The molecule has 1 aromatic carbocycles. The third kappa shape index (κ3) is 4.08. The number of hydrogen-bond acceptors (Lipinski definition) is 3. The second-order valence-electron chi connectivity index (χ2n) is 5.09. The van der Waals surface area contributed by atoms with Crippen LogP contribution in [0.15, 0.2) is 36.7 Å². The number of imidazole rings is 1. The first-order valence-electron chi connectivity index (χ1n) is 7.68. The van der Waals surface area contributed by atoms with E-state index in [1.165, 1.54) is 5.56 Å². The molecule has 0 spiro atoms. The van der Waals surface area contributed by atoms with Crippen molar-refractivity contribution in [2.24, 2.45) is 0 Å². The fourth-order valence-electron chi connectivity index (χ4n) is 2.53. The smallest absolute Gasteiger partial charge is 0.119 e. The summed E-state index contributed by atoms with van der Waals surface area (Å²) in [6.45, 7) is 5.90. The fraction of sp³-hybridized carbons (Fsp3) is 0.471. The number of aromatic nitrogens is 2. The molecular formula is C17H25N3O. The summed E-state index contributed by atoms with van der Waals surface area (Å²) >= 11 is 0. The lowest BCUT2D eigenvalue weighted by Gasteiger charge is -2.18. The number of nitrogens with zero attached hydrogens (tertiary/aromatic N) is 2. The van der Waals surface area contributed by atoms with E-state index < -0.39 is 0 Å². The standard InChI is InChI=1S/C17H25N3O/c1-4-10-20-11-9-19-17(20)13-16(18-3)14-7-6-8-15(12-14)21-5-2/h6-9,11-12,16,18H,4-5,10,13H2,1-3H3. The predicted molar refractivity (Wildman–Crippen MR) is 85.6 cm³/mol. The topological polar surface area (TPSA) is 39.1 Å². The van der Waals surface area contributed by atoms with Crippen molar-refractivity contribution in [3.8, 4) is 5.75 Å². The van der Waals surface area contributed by atoms with Gasteiger partial charge in [0.25, 0.3) is 0 Å². The predicted octanol–water partition coefficient (Wildman–Crippen LogP) is 3.20. The average Bonchev–Trinajstić information content (AvgIpc) is 2.93. The largest absolute Gasteiger partial charge is 0.494 e. The van der Waals surface area contributed by atoms with Gasteiger partial charge in [-0.25, -0.2) is 4.98 Å². The molecule has 0 fully saturated rings. The first-order valence-corrected chi connectivity index (χ1v) is 7.68. The molecule has 0 amide bonds. The van der Waals surface area contributed by atoms with Gasteiger partial charge in [0.05, 0.1) is 6.61 Å². The maximum Gasteiger partial charge on any atom is 0.119 e. The van der Waals surface area contributed by atoms with E-state index in [0.29, 0.717) is 6.61 Å². The van der Waals surface area contributed by atoms with Crippen LogP contribution in [0.5, 0.6) is 5.75 Å². The summed E-state index contributed by atoms with van der Waals surface area (Å²) in [5, 5.41) is 3.39. The van der Waals surface area contributed by atoms with Crippen LogP contribution in [0.1, 0.15) is 37.7 Å². The quantitative estimate of drug-likeness (QED) is 0.810. The number of hydrogen-bond donors (Lipinski definition) is 1. The van der Waals surface area contributed by atoms with Crippen molar-refractivity contribution in [2.45, 2.75) is 39.3 Å². The Balaban J connectivity index is 2.15. The number of likely N-dealkylation sites (N-methyl/N-ethyl adjacent to an activating group) is 1. The second-order valence-corrected chi connectivity index (χ2v) is 5.09. The number of rotatable bonds is 8. The van der Waals surface area contributed by atoms with Crippen LogP contribution in [0.25, 0.3) is 0 Å². The maximum absolute atomic E-state index is 5.59. The van der Waals surface area contributed by atoms with E-state index in [-0.39, 0.29) is 6.04 Å². The van der Waals surface area contributed by atoms with E-state index >= 15 is 0 Å². The van der Waals surface area contributed by atoms with Crippen LogP contribution in [0.2, 0.25) is 0 Å². The summed E-state index contributed by atoms with van der Waals surface area (Å²) in [6, 6.07) is 8.53. The van der Waals surface area contributed by atoms with Gasteiger partial charge in [0.15, 0.2) is 0 Å². The highest BCUT2D eigenvalue weighted by molar-refractivity contribution is 5.31. The van der Waals surface area contributed by atoms with Gasteiger partial charge in [0.1, 0.15) is 11.6 Å². The molecule has 0 bridgehead atoms. The highest BCUT2D eigenvalue weighted by Crippen LogP contribution is 2.22. The monoisotopic (exact) mass is 287 g/mol. The summed E-state index contributed by atoms with van der Waals surface area (Å²) < 4.78 is 7.82. The van der Waals surface area contributed by atoms with Crippen LogP contribution in [0, 0.1) is 0 Å². The molecule has 1 atom stereocenters. The molecule has 4 heteroatoms. The van der Waals surface area contributed by atoms with Gasteiger partial charge in [0.2, 0.25) is 0 Å². The second kappa shape index (κ2) is 7.84. The normalized spacial score (nSPS) is 12.3. The zero-order valence-corrected chi connectivity index (χ0v) is 13.2. The van der Waals surface area contributed by atoms with Crippen molar-refractivity contribution in [2.75, 3.05) is 13.7 Å². The van der Waals surface area contributed by atoms with Crippen molar-refractivity contribution >= 4 is 0 Å². The zero-order valence-electron chi connectivity index (χ0n) is 13.2. The van der Waals surface area contributed by atoms with E-state index in [9.17, 15) is 0 Å². The zero-order chi connectivity index (χ0) is 15.1. The van der Waals surface area contributed by atoms with Crippen molar-refractivity contribution in [3.05, 3.63) is 48.0 Å². The number of benzene rings is 1. The minimum atomic E-state index is 0.239. The number of aryl methyl sites for hydroxylation is 1. The van der Waals surface area contributed by atoms with Crippen molar-refractivity contribution in [1.29, 1.82) is 0 Å². The molecule has 1 unspecified atom stereocenters. The summed E-state index contributed by atoms with van der Waals surface area (Å²) in [6.07, 6.45) is 5.93. The molecule has 1 aromatic heterocycles. The molecule has 2 rings (SSSR count). The molecule has 2 aromatic rings. The summed E-state index contributed by atoms with van der Waals surface area (Å²) in [7, 11) is 1.99. The van der Waals surface area contributed by atoms with Crippen LogP contribution in [0.4, 0.5) is 0 Å². The van der Waals surface area contributed by atoms with Crippen LogP contribution < -0.4 is 10.1 Å². The molecule has 21 heavy (non-hydrogen) atoms. The molecule has 0 radical (unpaired) electrons. The van der Waals surface area contributed by atoms with Gasteiger partial charge in [0, 0.05) is 31.4 Å². The highest BCUT2D eigenvalue weighted by atomic mass is 16.5. The molecule has 0 aliphatic heterocycles. The first-order chi connectivity index (χ1) is 10.3. The molecule has 0 saturated carbocycles. The van der Waals surface area contributed by atoms with Crippen molar-refractivity contribution in [1.82, 2.24) is 14.9 Å². The lowest BCUT2D eigenvalue weighted by molar-refractivity contribution is 0.339. The van der Waals surface area contributed by atoms with Gasteiger partial charge in [-0.3, -0.25) is 0 Å². The van der Waals surface area contributed by atoms with Crippen LogP contribution in [-0.2, 0) is 13.0 Å². The molecular weight excluding hydrogens is 262 g/mol. The summed E-state index contributed by atoms with van der Waals surface area (Å²) in [5.41, 5.74) is 1.23. The van der Waals surface area contributed by atoms with Crippen LogP contribution in [0.3, 0.4) is 0 Å². The first kappa shape index (κ1) is 15.6. The minimum Gasteiger partial charge on any atom is -0.494 e.